The molecule has 2 aromatic rings. The van der Waals surface area contributed by atoms with Gasteiger partial charge in [0.15, 0.2) is 0 Å². The number of hydrogen-bond acceptors (Lipinski definition) is 3. The zero-order valence-corrected chi connectivity index (χ0v) is 14.4. The first kappa shape index (κ1) is 17.2. The molecule has 0 aliphatic rings. The van der Waals surface area contributed by atoms with E-state index >= 15 is 0 Å². The van der Waals surface area contributed by atoms with Gasteiger partial charge >= 0.3 is 0 Å². The molecule has 0 aliphatic carbocycles. The van der Waals surface area contributed by atoms with Crippen LogP contribution in [0.5, 0.6) is 0 Å². The maximum Gasteiger partial charge on any atom is 0.270 e. The molecule has 0 radical (unpaired) electrons. The number of hydrogen-bond donors (Lipinski definition) is 0. The standard InChI is InChI=1S/C18H21NO3S/c1-4-8-18(20)19(17-13-14(2)11-12-15(17)3)23(21,22)16-9-6-5-7-10-16/h5-7,9-13H,4,8H2,1-3H3. The summed E-state index contributed by atoms with van der Waals surface area (Å²) in [7, 11) is -3.93. The summed E-state index contributed by atoms with van der Waals surface area (Å²) in [5.41, 5.74) is 2.08. The fourth-order valence-corrected chi connectivity index (χ4v) is 3.88. The first-order chi connectivity index (χ1) is 10.9. The van der Waals surface area contributed by atoms with Gasteiger partial charge in [0.25, 0.3) is 10.0 Å². The summed E-state index contributed by atoms with van der Waals surface area (Å²) >= 11 is 0. The first-order valence-corrected chi connectivity index (χ1v) is 9.02. The highest BCUT2D eigenvalue weighted by Gasteiger charge is 2.31. The molecule has 0 N–H and O–H groups in total. The lowest BCUT2D eigenvalue weighted by Gasteiger charge is -2.24. The van der Waals surface area contributed by atoms with Crippen LogP contribution < -0.4 is 4.31 Å². The molecular weight excluding hydrogens is 310 g/mol. The van der Waals surface area contributed by atoms with E-state index in [0.29, 0.717) is 12.1 Å². The van der Waals surface area contributed by atoms with Gasteiger partial charge in [-0.25, -0.2) is 12.7 Å². The van der Waals surface area contributed by atoms with Crippen molar-refractivity contribution in [3.63, 3.8) is 0 Å². The minimum absolute atomic E-state index is 0.116. The fourth-order valence-electron chi connectivity index (χ4n) is 2.35. The van der Waals surface area contributed by atoms with Gasteiger partial charge in [-0.05, 0) is 49.6 Å². The van der Waals surface area contributed by atoms with Crippen molar-refractivity contribution >= 4 is 21.6 Å². The van der Waals surface area contributed by atoms with E-state index in [4.69, 9.17) is 0 Å². The minimum atomic E-state index is -3.93. The fraction of sp³-hybridized carbons (Fsp3) is 0.278. The summed E-state index contributed by atoms with van der Waals surface area (Å²) in [6.07, 6.45) is 0.768. The topological polar surface area (TPSA) is 54.5 Å². The Balaban J connectivity index is 2.64. The number of carbonyl (C=O) groups excluding carboxylic acids is 1. The zero-order chi connectivity index (χ0) is 17.0. The van der Waals surface area contributed by atoms with E-state index < -0.39 is 15.9 Å². The van der Waals surface area contributed by atoms with Crippen LogP contribution in [0.25, 0.3) is 0 Å². The van der Waals surface area contributed by atoms with E-state index in [1.165, 1.54) is 12.1 Å². The molecule has 0 unspecified atom stereocenters. The summed E-state index contributed by atoms with van der Waals surface area (Å²) < 4.78 is 27.0. The van der Waals surface area contributed by atoms with Gasteiger partial charge in [0.1, 0.15) is 0 Å². The van der Waals surface area contributed by atoms with Crippen molar-refractivity contribution in [1.29, 1.82) is 0 Å². The van der Waals surface area contributed by atoms with E-state index in [-0.39, 0.29) is 11.3 Å². The normalized spacial score (nSPS) is 11.3. The van der Waals surface area contributed by atoms with Gasteiger partial charge in [0.05, 0.1) is 10.6 Å². The predicted octanol–water partition coefficient (Wildman–Crippen LogP) is 3.83. The number of nitrogens with zero attached hydrogens (tertiary/aromatic N) is 1. The van der Waals surface area contributed by atoms with Gasteiger partial charge < -0.3 is 0 Å². The summed E-state index contributed by atoms with van der Waals surface area (Å²) in [5.74, 6) is -0.412. The van der Waals surface area contributed by atoms with Crippen molar-refractivity contribution in [3.8, 4) is 0 Å². The van der Waals surface area contributed by atoms with Crippen LogP contribution >= 0.6 is 0 Å². The number of amides is 1. The molecule has 0 spiro atoms. The average molecular weight is 331 g/mol. The molecule has 0 aliphatic heterocycles. The quantitative estimate of drug-likeness (QED) is 0.837. The maximum absolute atomic E-state index is 13.0. The highest BCUT2D eigenvalue weighted by Crippen LogP contribution is 2.28. The minimum Gasteiger partial charge on any atom is -0.273 e. The molecule has 0 atom stereocenters. The molecule has 0 saturated carbocycles. The molecule has 122 valence electrons. The van der Waals surface area contributed by atoms with Gasteiger partial charge in [-0.15, -0.1) is 0 Å². The van der Waals surface area contributed by atoms with Gasteiger partial charge in [0, 0.05) is 6.42 Å². The van der Waals surface area contributed by atoms with Crippen LogP contribution in [0.4, 0.5) is 5.69 Å². The third-order valence-electron chi connectivity index (χ3n) is 3.56. The molecule has 2 rings (SSSR count). The number of rotatable bonds is 5. The van der Waals surface area contributed by atoms with Crippen LogP contribution in [0.3, 0.4) is 0 Å². The molecule has 4 nitrogen and oxygen atoms in total. The molecule has 23 heavy (non-hydrogen) atoms. The third-order valence-corrected chi connectivity index (χ3v) is 5.30. The van der Waals surface area contributed by atoms with Gasteiger partial charge in [-0.1, -0.05) is 37.3 Å². The highest BCUT2D eigenvalue weighted by molar-refractivity contribution is 7.93. The number of carbonyl (C=O) groups is 1. The largest absolute Gasteiger partial charge is 0.273 e. The number of benzene rings is 2. The van der Waals surface area contributed by atoms with Crippen molar-refractivity contribution in [3.05, 3.63) is 59.7 Å². The lowest BCUT2D eigenvalue weighted by molar-refractivity contribution is -0.117. The Hall–Kier alpha value is -2.14. The summed E-state index contributed by atoms with van der Waals surface area (Å²) in [6, 6.07) is 13.5. The van der Waals surface area contributed by atoms with Crippen LogP contribution in [0.15, 0.2) is 53.4 Å². The molecular formula is C18H21NO3S. The Kier molecular flexibility index (Phi) is 5.21. The van der Waals surface area contributed by atoms with E-state index in [1.807, 2.05) is 32.9 Å². The predicted molar refractivity (Wildman–Crippen MR) is 91.9 cm³/mol. The number of sulfonamides is 1. The van der Waals surface area contributed by atoms with Crippen LogP contribution in [0, 0.1) is 13.8 Å². The van der Waals surface area contributed by atoms with Crippen LogP contribution in [-0.4, -0.2) is 14.3 Å². The molecule has 2 aromatic carbocycles. The van der Waals surface area contributed by atoms with Crippen LogP contribution in [-0.2, 0) is 14.8 Å². The Morgan fingerprint density at radius 1 is 1.04 bits per heavy atom. The highest BCUT2D eigenvalue weighted by atomic mass is 32.2. The molecule has 0 fully saturated rings. The monoisotopic (exact) mass is 331 g/mol. The summed E-state index contributed by atoms with van der Waals surface area (Å²) in [6.45, 7) is 5.54. The SMILES string of the molecule is CCCC(=O)N(c1cc(C)ccc1C)S(=O)(=O)c1ccccc1. The molecule has 5 heteroatoms. The van der Waals surface area contributed by atoms with E-state index in [1.54, 1.807) is 24.3 Å². The lowest BCUT2D eigenvalue weighted by atomic mass is 10.1. The van der Waals surface area contributed by atoms with E-state index in [0.717, 1.165) is 15.4 Å². The van der Waals surface area contributed by atoms with Crippen molar-refractivity contribution in [2.75, 3.05) is 4.31 Å². The summed E-state index contributed by atoms with van der Waals surface area (Å²) in [5, 5.41) is 0. The second-order valence-corrected chi connectivity index (χ2v) is 7.30. The van der Waals surface area contributed by atoms with Crippen LogP contribution in [0.1, 0.15) is 30.9 Å². The smallest absolute Gasteiger partial charge is 0.270 e. The Bertz CT molecular complexity index is 798. The van der Waals surface area contributed by atoms with Gasteiger partial charge in [0.2, 0.25) is 5.91 Å². The number of aryl methyl sites for hydroxylation is 2. The van der Waals surface area contributed by atoms with Gasteiger partial charge in [-0.3, -0.25) is 4.79 Å². The van der Waals surface area contributed by atoms with Crippen molar-refractivity contribution in [1.82, 2.24) is 0 Å². The van der Waals surface area contributed by atoms with Crippen LogP contribution in [0.2, 0.25) is 0 Å². The Labute approximate surface area is 137 Å². The lowest BCUT2D eigenvalue weighted by Crippen LogP contribution is -2.37. The second-order valence-electron chi connectivity index (χ2n) is 5.52. The molecule has 0 heterocycles. The molecule has 1 amide bonds. The van der Waals surface area contributed by atoms with E-state index in [2.05, 4.69) is 0 Å². The molecule has 0 saturated heterocycles. The zero-order valence-electron chi connectivity index (χ0n) is 13.6. The van der Waals surface area contributed by atoms with Crippen molar-refractivity contribution in [2.45, 2.75) is 38.5 Å². The molecule has 0 bridgehead atoms. The maximum atomic E-state index is 13.0. The first-order valence-electron chi connectivity index (χ1n) is 7.58. The van der Waals surface area contributed by atoms with Crippen molar-refractivity contribution < 1.29 is 13.2 Å². The Morgan fingerprint density at radius 2 is 1.70 bits per heavy atom. The average Bonchev–Trinajstić information content (AvgIpc) is 2.52. The number of anilines is 1. The van der Waals surface area contributed by atoms with E-state index in [9.17, 15) is 13.2 Å². The molecule has 0 aromatic heterocycles. The van der Waals surface area contributed by atoms with Gasteiger partial charge in [-0.2, -0.15) is 0 Å². The Morgan fingerprint density at radius 3 is 2.30 bits per heavy atom. The summed E-state index contributed by atoms with van der Waals surface area (Å²) in [4.78, 5) is 12.7. The second kappa shape index (κ2) is 6.96. The van der Waals surface area contributed by atoms with Crippen molar-refractivity contribution in [2.24, 2.45) is 0 Å². The third kappa shape index (κ3) is 3.62.